The highest BCUT2D eigenvalue weighted by molar-refractivity contribution is 7.10. The Morgan fingerprint density at radius 2 is 2.24 bits per heavy atom. The summed E-state index contributed by atoms with van der Waals surface area (Å²) in [5.41, 5.74) is 2.62. The minimum absolute atomic E-state index is 0.719. The number of nitrogens with one attached hydrogen (secondary N) is 1. The van der Waals surface area contributed by atoms with Crippen LogP contribution in [0.4, 0.5) is 5.00 Å². The summed E-state index contributed by atoms with van der Waals surface area (Å²) < 4.78 is 6.04. The average Bonchev–Trinajstić information content (AvgIpc) is 2.92. The molecule has 0 aliphatic carbocycles. The maximum Gasteiger partial charge on any atom is 0.190 e. The van der Waals surface area contributed by atoms with Gasteiger partial charge in [-0.15, -0.1) is 10.2 Å². The fourth-order valence-electron chi connectivity index (χ4n) is 1.70. The Morgan fingerprint density at radius 1 is 1.35 bits per heavy atom. The first-order valence-electron chi connectivity index (χ1n) is 5.12. The molecular formula is C10H10N6S. The highest BCUT2D eigenvalue weighted by atomic mass is 32.1. The van der Waals surface area contributed by atoms with Gasteiger partial charge >= 0.3 is 0 Å². The van der Waals surface area contributed by atoms with Crippen molar-refractivity contribution in [3.63, 3.8) is 0 Å². The van der Waals surface area contributed by atoms with Gasteiger partial charge in [0.05, 0.1) is 11.3 Å². The summed E-state index contributed by atoms with van der Waals surface area (Å²) >= 11 is 1.41. The number of anilines is 1. The smallest absolute Gasteiger partial charge is 0.190 e. The van der Waals surface area contributed by atoms with E-state index in [2.05, 4.69) is 25.0 Å². The molecule has 3 aromatic rings. The first kappa shape index (κ1) is 10.2. The van der Waals surface area contributed by atoms with Crippen LogP contribution >= 0.6 is 11.5 Å². The van der Waals surface area contributed by atoms with Gasteiger partial charge in [-0.2, -0.15) is 14.0 Å². The number of nitrogens with zero attached hydrogens (tertiary/aromatic N) is 5. The van der Waals surface area contributed by atoms with Gasteiger partial charge < -0.3 is 5.32 Å². The molecule has 0 saturated heterocycles. The molecule has 0 aliphatic rings. The van der Waals surface area contributed by atoms with Gasteiger partial charge in [0.15, 0.2) is 11.5 Å². The van der Waals surface area contributed by atoms with Gasteiger partial charge in [-0.05, 0) is 30.6 Å². The highest BCUT2D eigenvalue weighted by Gasteiger charge is 2.17. The molecule has 7 heteroatoms. The second-order valence-corrected chi connectivity index (χ2v) is 4.31. The zero-order chi connectivity index (χ0) is 11.8. The van der Waals surface area contributed by atoms with Gasteiger partial charge in [0, 0.05) is 13.2 Å². The molecule has 0 spiro atoms. The molecule has 86 valence electrons. The third-order valence-corrected chi connectivity index (χ3v) is 3.45. The van der Waals surface area contributed by atoms with Crippen LogP contribution in [0.3, 0.4) is 0 Å². The molecule has 1 N–H and O–H groups in total. The molecule has 17 heavy (non-hydrogen) atoms. The van der Waals surface area contributed by atoms with Crippen LogP contribution in [0.5, 0.6) is 0 Å². The van der Waals surface area contributed by atoms with E-state index < -0.39 is 0 Å². The highest BCUT2D eigenvalue weighted by Crippen LogP contribution is 2.32. The zero-order valence-electron chi connectivity index (χ0n) is 9.38. The van der Waals surface area contributed by atoms with E-state index in [4.69, 9.17) is 0 Å². The van der Waals surface area contributed by atoms with Gasteiger partial charge in [0.25, 0.3) is 0 Å². The lowest BCUT2D eigenvalue weighted by Gasteiger charge is -2.00. The lowest BCUT2D eigenvalue weighted by molar-refractivity contribution is 0.934. The van der Waals surface area contributed by atoms with Gasteiger partial charge in [0.1, 0.15) is 5.00 Å². The van der Waals surface area contributed by atoms with Crippen molar-refractivity contribution < 1.29 is 0 Å². The number of hydrogen-bond donors (Lipinski definition) is 1. The number of fused-ring (bicyclic) bond motifs is 1. The Hall–Kier alpha value is -2.02. The van der Waals surface area contributed by atoms with Crippen LogP contribution in [-0.2, 0) is 0 Å². The van der Waals surface area contributed by atoms with Crippen molar-refractivity contribution in [2.45, 2.75) is 6.92 Å². The SMILES string of the molecule is CNc1snc(C)c1-c1nnc2cccnn12. The molecule has 0 fully saturated rings. The Morgan fingerprint density at radius 3 is 3.06 bits per heavy atom. The summed E-state index contributed by atoms with van der Waals surface area (Å²) in [6.07, 6.45) is 1.72. The first-order valence-corrected chi connectivity index (χ1v) is 5.89. The molecule has 6 nitrogen and oxygen atoms in total. The van der Waals surface area contributed by atoms with Crippen LogP contribution in [0, 0.1) is 6.92 Å². The van der Waals surface area contributed by atoms with E-state index in [0.717, 1.165) is 27.7 Å². The number of hydrogen-bond acceptors (Lipinski definition) is 6. The topological polar surface area (TPSA) is 68.0 Å². The van der Waals surface area contributed by atoms with Crippen LogP contribution in [0.2, 0.25) is 0 Å². The molecule has 0 radical (unpaired) electrons. The largest absolute Gasteiger partial charge is 0.378 e. The number of rotatable bonds is 2. The molecule has 0 saturated carbocycles. The van der Waals surface area contributed by atoms with Crippen molar-refractivity contribution in [1.82, 2.24) is 24.2 Å². The Kier molecular flexibility index (Phi) is 2.25. The Bertz CT molecular complexity index is 670. The normalized spacial score (nSPS) is 10.9. The third-order valence-electron chi connectivity index (χ3n) is 2.49. The summed E-state index contributed by atoms with van der Waals surface area (Å²) in [7, 11) is 1.87. The fraction of sp³-hybridized carbons (Fsp3) is 0.200. The van der Waals surface area contributed by atoms with Crippen LogP contribution in [-0.4, -0.2) is 31.2 Å². The van der Waals surface area contributed by atoms with Gasteiger partial charge in [-0.25, -0.2) is 0 Å². The van der Waals surface area contributed by atoms with E-state index in [0.29, 0.717) is 0 Å². The predicted molar refractivity (Wildman–Crippen MR) is 66.2 cm³/mol. The molecule has 3 heterocycles. The maximum absolute atomic E-state index is 4.32. The van der Waals surface area contributed by atoms with Gasteiger partial charge in [-0.1, -0.05) is 0 Å². The molecule has 0 unspecified atom stereocenters. The summed E-state index contributed by atoms with van der Waals surface area (Å²) in [5, 5.41) is 16.6. The van der Waals surface area contributed by atoms with E-state index in [1.807, 2.05) is 26.1 Å². The van der Waals surface area contributed by atoms with E-state index in [1.165, 1.54) is 11.5 Å². The maximum atomic E-state index is 4.32. The lowest BCUT2D eigenvalue weighted by atomic mass is 10.2. The number of aromatic nitrogens is 5. The summed E-state index contributed by atoms with van der Waals surface area (Å²) in [4.78, 5) is 0. The molecule has 0 aromatic carbocycles. The van der Waals surface area contributed by atoms with Crippen molar-refractivity contribution in [1.29, 1.82) is 0 Å². The van der Waals surface area contributed by atoms with E-state index in [1.54, 1.807) is 10.7 Å². The molecule has 0 aliphatic heterocycles. The van der Waals surface area contributed by atoms with E-state index >= 15 is 0 Å². The van der Waals surface area contributed by atoms with Crippen molar-refractivity contribution in [3.8, 4) is 11.4 Å². The molecule has 0 bridgehead atoms. The molecule has 3 rings (SSSR count). The van der Waals surface area contributed by atoms with Gasteiger partial charge in [-0.3, -0.25) is 0 Å². The first-order chi connectivity index (χ1) is 8.31. The van der Waals surface area contributed by atoms with Crippen LogP contribution in [0.25, 0.3) is 17.0 Å². The third kappa shape index (κ3) is 1.47. The second kappa shape index (κ2) is 3.77. The van der Waals surface area contributed by atoms with Crippen LogP contribution in [0.15, 0.2) is 18.3 Å². The predicted octanol–water partition coefficient (Wildman–Crippen LogP) is 1.60. The summed E-state index contributed by atoms with van der Waals surface area (Å²) in [6, 6.07) is 3.71. The minimum Gasteiger partial charge on any atom is -0.378 e. The standard InChI is InChI=1S/C10H10N6S/c1-6-8(10(11-2)17-15-6)9-14-13-7-4-3-5-12-16(7)9/h3-5,11H,1-2H3. The minimum atomic E-state index is 0.719. The zero-order valence-corrected chi connectivity index (χ0v) is 10.2. The summed E-state index contributed by atoms with van der Waals surface area (Å²) in [5.74, 6) is 0.719. The average molecular weight is 246 g/mol. The van der Waals surface area contributed by atoms with Crippen molar-refractivity contribution in [3.05, 3.63) is 24.0 Å². The second-order valence-electron chi connectivity index (χ2n) is 3.54. The van der Waals surface area contributed by atoms with Crippen molar-refractivity contribution >= 4 is 22.2 Å². The Balaban J connectivity index is 2.30. The van der Waals surface area contributed by atoms with Crippen LogP contribution in [0.1, 0.15) is 5.69 Å². The molecule has 0 amide bonds. The number of aryl methyl sites for hydroxylation is 1. The monoisotopic (exact) mass is 246 g/mol. The molecule has 3 aromatic heterocycles. The quantitative estimate of drug-likeness (QED) is 0.743. The van der Waals surface area contributed by atoms with E-state index in [9.17, 15) is 0 Å². The molecule has 0 atom stereocenters. The van der Waals surface area contributed by atoms with Crippen molar-refractivity contribution in [2.24, 2.45) is 0 Å². The van der Waals surface area contributed by atoms with Gasteiger partial charge in [0.2, 0.25) is 0 Å². The summed E-state index contributed by atoms with van der Waals surface area (Å²) in [6.45, 7) is 1.96. The van der Waals surface area contributed by atoms with E-state index in [-0.39, 0.29) is 0 Å². The van der Waals surface area contributed by atoms with Crippen molar-refractivity contribution in [2.75, 3.05) is 12.4 Å². The fourth-order valence-corrected chi connectivity index (χ4v) is 2.44. The molecular weight excluding hydrogens is 236 g/mol. The van der Waals surface area contributed by atoms with Crippen LogP contribution < -0.4 is 5.32 Å². The lowest BCUT2D eigenvalue weighted by Crippen LogP contribution is -1.96. The Labute approximate surface area is 101 Å².